The summed E-state index contributed by atoms with van der Waals surface area (Å²) in [5.74, 6) is 0.576. The van der Waals surface area contributed by atoms with E-state index in [1.807, 2.05) is 36.3 Å². The van der Waals surface area contributed by atoms with Crippen LogP contribution in [0.25, 0.3) is 22.0 Å². The Hall–Kier alpha value is -3.71. The van der Waals surface area contributed by atoms with Crippen molar-refractivity contribution in [2.45, 2.75) is 13.5 Å². The molecule has 0 radical (unpaired) electrons. The van der Waals surface area contributed by atoms with Crippen molar-refractivity contribution in [3.8, 4) is 11.1 Å². The Morgan fingerprint density at radius 2 is 1.88 bits per heavy atom. The van der Waals surface area contributed by atoms with E-state index in [0.29, 0.717) is 12.5 Å². The first kappa shape index (κ1) is 20.2. The summed E-state index contributed by atoms with van der Waals surface area (Å²) in [4.78, 5) is 11.5. The summed E-state index contributed by atoms with van der Waals surface area (Å²) in [5.41, 5.74) is 6.25. The molecule has 32 heavy (non-hydrogen) atoms. The molecule has 0 atom stereocenters. The van der Waals surface area contributed by atoms with E-state index in [-0.39, 0.29) is 0 Å². The van der Waals surface area contributed by atoms with E-state index in [2.05, 4.69) is 63.3 Å². The molecule has 162 valence electrons. The zero-order valence-electron chi connectivity index (χ0n) is 18.2. The molecule has 0 bridgehead atoms. The van der Waals surface area contributed by atoms with Gasteiger partial charge >= 0.3 is 0 Å². The Labute approximate surface area is 187 Å². The molecule has 7 nitrogen and oxygen atoms in total. The van der Waals surface area contributed by atoms with Crippen molar-refractivity contribution in [2.75, 3.05) is 36.5 Å². The largest absolute Gasteiger partial charge is 0.378 e. The normalized spacial score (nSPS) is 14.0. The Bertz CT molecular complexity index is 1240. The first-order valence-electron chi connectivity index (χ1n) is 10.8. The maximum absolute atomic E-state index is 5.43. The fourth-order valence-electron chi connectivity index (χ4n) is 3.84. The highest BCUT2D eigenvalue weighted by Gasteiger charge is 2.11. The first-order valence-corrected chi connectivity index (χ1v) is 10.8. The van der Waals surface area contributed by atoms with Crippen LogP contribution < -0.4 is 10.2 Å². The van der Waals surface area contributed by atoms with Crippen LogP contribution in [0.2, 0.25) is 0 Å². The minimum absolute atomic E-state index is 0.576. The van der Waals surface area contributed by atoms with Crippen LogP contribution in [0.4, 0.5) is 17.3 Å². The van der Waals surface area contributed by atoms with Gasteiger partial charge in [-0.05, 0) is 42.8 Å². The second kappa shape index (κ2) is 8.80. The van der Waals surface area contributed by atoms with Gasteiger partial charge in [0.2, 0.25) is 5.95 Å². The van der Waals surface area contributed by atoms with Gasteiger partial charge in [-0.25, -0.2) is 9.97 Å². The Kier molecular flexibility index (Phi) is 5.56. The molecule has 0 aliphatic carbocycles. The number of hydrogen-bond donors (Lipinski definition) is 1. The van der Waals surface area contributed by atoms with Crippen LogP contribution in [0.15, 0.2) is 73.2 Å². The number of aromatic nitrogens is 4. The number of rotatable bonds is 6. The van der Waals surface area contributed by atoms with E-state index >= 15 is 0 Å². The molecule has 1 aliphatic rings. The SMILES string of the molecule is C=C(C)Cn1cc(-c2ccc3cnc(Nc4ccc(N5CCOCC5)cc4)nc3c2)cn1. The van der Waals surface area contributed by atoms with Gasteiger partial charge in [-0.3, -0.25) is 4.68 Å². The van der Waals surface area contributed by atoms with Gasteiger partial charge in [0, 0.05) is 47.8 Å². The molecule has 1 saturated heterocycles. The number of benzene rings is 2. The van der Waals surface area contributed by atoms with Gasteiger partial charge < -0.3 is 15.0 Å². The van der Waals surface area contributed by atoms with Crippen LogP contribution in [-0.2, 0) is 11.3 Å². The number of morpholine rings is 1. The molecular formula is C25H26N6O. The van der Waals surface area contributed by atoms with Crippen molar-refractivity contribution in [1.82, 2.24) is 19.7 Å². The molecule has 4 aromatic rings. The predicted molar refractivity (Wildman–Crippen MR) is 128 cm³/mol. The molecule has 2 aromatic carbocycles. The average molecular weight is 427 g/mol. The lowest BCUT2D eigenvalue weighted by Gasteiger charge is -2.28. The summed E-state index contributed by atoms with van der Waals surface area (Å²) in [6.45, 7) is 10.1. The Morgan fingerprint density at radius 1 is 1.06 bits per heavy atom. The summed E-state index contributed by atoms with van der Waals surface area (Å²) < 4.78 is 7.33. The van der Waals surface area contributed by atoms with Crippen LogP contribution in [0.3, 0.4) is 0 Å². The molecule has 7 heteroatoms. The third kappa shape index (κ3) is 4.48. The predicted octanol–water partition coefficient (Wildman–Crippen LogP) is 4.65. The number of anilines is 3. The number of nitrogens with one attached hydrogen (secondary N) is 1. The Balaban J connectivity index is 1.34. The molecule has 0 unspecified atom stereocenters. The van der Waals surface area contributed by atoms with Gasteiger partial charge in [0.05, 0.1) is 31.5 Å². The quantitative estimate of drug-likeness (QED) is 0.453. The maximum atomic E-state index is 5.43. The highest BCUT2D eigenvalue weighted by molar-refractivity contribution is 5.84. The first-order chi connectivity index (χ1) is 15.6. The fraction of sp³-hybridized carbons (Fsp3) is 0.240. The van der Waals surface area contributed by atoms with Crippen LogP contribution in [0.5, 0.6) is 0 Å². The lowest BCUT2D eigenvalue weighted by molar-refractivity contribution is 0.122. The molecule has 0 spiro atoms. The maximum Gasteiger partial charge on any atom is 0.227 e. The summed E-state index contributed by atoms with van der Waals surface area (Å²) >= 11 is 0. The van der Waals surface area contributed by atoms with Gasteiger partial charge in [-0.15, -0.1) is 0 Å². The summed E-state index contributed by atoms with van der Waals surface area (Å²) in [5, 5.41) is 8.74. The van der Waals surface area contributed by atoms with Crippen LogP contribution in [0, 0.1) is 0 Å². The van der Waals surface area contributed by atoms with Crippen molar-refractivity contribution in [3.05, 3.63) is 73.2 Å². The van der Waals surface area contributed by atoms with E-state index in [1.54, 1.807) is 0 Å². The van der Waals surface area contributed by atoms with Crippen LogP contribution in [0.1, 0.15) is 6.92 Å². The smallest absolute Gasteiger partial charge is 0.227 e. The topological polar surface area (TPSA) is 68.1 Å². The van der Waals surface area contributed by atoms with Crippen LogP contribution in [-0.4, -0.2) is 46.1 Å². The van der Waals surface area contributed by atoms with Crippen molar-refractivity contribution >= 4 is 28.2 Å². The lowest BCUT2D eigenvalue weighted by atomic mass is 10.1. The second-order valence-electron chi connectivity index (χ2n) is 8.12. The molecule has 1 aliphatic heterocycles. The van der Waals surface area contributed by atoms with Crippen molar-refractivity contribution in [2.24, 2.45) is 0 Å². The van der Waals surface area contributed by atoms with Crippen LogP contribution >= 0.6 is 0 Å². The summed E-state index contributed by atoms with van der Waals surface area (Å²) in [7, 11) is 0. The molecule has 3 heterocycles. The van der Waals surface area contributed by atoms with Gasteiger partial charge in [-0.1, -0.05) is 24.3 Å². The zero-order valence-corrected chi connectivity index (χ0v) is 18.2. The Morgan fingerprint density at radius 3 is 2.66 bits per heavy atom. The molecule has 1 N–H and O–H groups in total. The van der Waals surface area contributed by atoms with Crippen molar-refractivity contribution in [3.63, 3.8) is 0 Å². The number of fused-ring (bicyclic) bond motifs is 1. The van der Waals surface area contributed by atoms with E-state index in [4.69, 9.17) is 9.72 Å². The molecule has 0 amide bonds. The van der Waals surface area contributed by atoms with Gasteiger partial charge in [0.15, 0.2) is 0 Å². The third-order valence-electron chi connectivity index (χ3n) is 5.48. The fourth-order valence-corrected chi connectivity index (χ4v) is 3.84. The van der Waals surface area contributed by atoms with Gasteiger partial charge in [-0.2, -0.15) is 5.10 Å². The van der Waals surface area contributed by atoms with Crippen molar-refractivity contribution < 1.29 is 4.74 Å². The minimum Gasteiger partial charge on any atom is -0.378 e. The molecule has 2 aromatic heterocycles. The van der Waals surface area contributed by atoms with E-state index in [0.717, 1.165) is 59.6 Å². The monoisotopic (exact) mass is 426 g/mol. The molecule has 1 fully saturated rings. The average Bonchev–Trinajstić information content (AvgIpc) is 3.27. The number of nitrogens with zero attached hydrogens (tertiary/aromatic N) is 5. The molecule has 0 saturated carbocycles. The highest BCUT2D eigenvalue weighted by Crippen LogP contribution is 2.25. The van der Waals surface area contributed by atoms with E-state index in [1.165, 1.54) is 5.69 Å². The number of allylic oxidation sites excluding steroid dienone is 1. The standard InChI is InChI=1S/C25H26N6O/c1-18(2)16-31-17-21(15-27-31)19-3-4-20-14-26-25(29-24(20)13-19)28-22-5-7-23(8-6-22)30-9-11-32-12-10-30/h3-8,13-15,17H,1,9-12,16H2,2H3,(H,26,28,29). The summed E-state index contributed by atoms with van der Waals surface area (Å²) in [6.07, 6.45) is 5.76. The molecule has 5 rings (SSSR count). The second-order valence-corrected chi connectivity index (χ2v) is 8.12. The number of ether oxygens (including phenoxy) is 1. The van der Waals surface area contributed by atoms with Gasteiger partial charge in [0.25, 0.3) is 0 Å². The summed E-state index contributed by atoms with van der Waals surface area (Å²) in [6, 6.07) is 14.6. The van der Waals surface area contributed by atoms with E-state index < -0.39 is 0 Å². The minimum atomic E-state index is 0.576. The van der Waals surface area contributed by atoms with Gasteiger partial charge in [0.1, 0.15) is 0 Å². The molecular weight excluding hydrogens is 400 g/mol. The van der Waals surface area contributed by atoms with E-state index in [9.17, 15) is 0 Å². The third-order valence-corrected chi connectivity index (χ3v) is 5.48. The zero-order chi connectivity index (χ0) is 21.9. The lowest BCUT2D eigenvalue weighted by Crippen LogP contribution is -2.36. The highest BCUT2D eigenvalue weighted by atomic mass is 16.5. The number of hydrogen-bond acceptors (Lipinski definition) is 6. The van der Waals surface area contributed by atoms with Crippen molar-refractivity contribution in [1.29, 1.82) is 0 Å².